The van der Waals surface area contributed by atoms with Crippen LogP contribution in [-0.4, -0.2) is 44.5 Å². The van der Waals surface area contributed by atoms with Gasteiger partial charge in [0.15, 0.2) is 0 Å². The first-order valence-electron chi connectivity index (χ1n) is 11.5. The van der Waals surface area contributed by atoms with E-state index in [0.717, 1.165) is 27.8 Å². The zero-order valence-corrected chi connectivity index (χ0v) is 21.3. The molecule has 188 valence electrons. The molecule has 0 bridgehead atoms. The van der Waals surface area contributed by atoms with Gasteiger partial charge in [0.25, 0.3) is 0 Å². The van der Waals surface area contributed by atoms with Crippen molar-refractivity contribution in [1.82, 2.24) is 10.0 Å². The number of rotatable bonds is 10. The molecule has 0 radical (unpaired) electrons. The third kappa shape index (κ3) is 6.71. The van der Waals surface area contributed by atoms with E-state index < -0.39 is 22.0 Å². The van der Waals surface area contributed by atoms with Crippen LogP contribution in [0.4, 0.5) is 0 Å². The van der Waals surface area contributed by atoms with Gasteiger partial charge in [0.1, 0.15) is 0 Å². The highest BCUT2D eigenvalue weighted by atomic mass is 32.2. The minimum absolute atomic E-state index is 0.116. The molecular formula is C23H35N5O5S. The number of amides is 1. The number of carbonyl (C=O) groups is 2. The molecule has 2 rings (SSSR count). The molecule has 3 N–H and O–H groups in total. The van der Waals surface area contributed by atoms with E-state index in [-0.39, 0.29) is 30.7 Å². The van der Waals surface area contributed by atoms with Crippen LogP contribution < -0.4 is 10.0 Å². The smallest absolute Gasteiger partial charge is 0.305 e. The predicted octanol–water partition coefficient (Wildman–Crippen LogP) is 3.58. The minimum Gasteiger partial charge on any atom is -0.481 e. The van der Waals surface area contributed by atoms with Crippen LogP contribution in [0.15, 0.2) is 10.0 Å². The molecule has 1 aliphatic carbocycles. The molecule has 0 aromatic heterocycles. The van der Waals surface area contributed by atoms with Crippen molar-refractivity contribution in [1.29, 1.82) is 0 Å². The van der Waals surface area contributed by atoms with E-state index >= 15 is 0 Å². The maximum Gasteiger partial charge on any atom is 0.305 e. The summed E-state index contributed by atoms with van der Waals surface area (Å²) >= 11 is 0. The van der Waals surface area contributed by atoms with E-state index in [0.29, 0.717) is 37.1 Å². The lowest BCUT2D eigenvalue weighted by Gasteiger charge is -2.29. The molecule has 0 aliphatic heterocycles. The van der Waals surface area contributed by atoms with Gasteiger partial charge in [-0.2, -0.15) is 0 Å². The fourth-order valence-corrected chi connectivity index (χ4v) is 6.34. The van der Waals surface area contributed by atoms with Crippen molar-refractivity contribution in [2.45, 2.75) is 77.7 Å². The van der Waals surface area contributed by atoms with Gasteiger partial charge in [-0.05, 0) is 99.6 Å². The number of hydrogen-bond donors (Lipinski definition) is 3. The Morgan fingerprint density at radius 3 is 2.06 bits per heavy atom. The molecule has 0 unspecified atom stereocenters. The summed E-state index contributed by atoms with van der Waals surface area (Å²) in [5.41, 5.74) is 13.1. The van der Waals surface area contributed by atoms with Crippen LogP contribution in [0.1, 0.15) is 59.9 Å². The van der Waals surface area contributed by atoms with Crippen LogP contribution in [0, 0.1) is 46.5 Å². The van der Waals surface area contributed by atoms with E-state index in [1.165, 1.54) is 0 Å². The van der Waals surface area contributed by atoms with Gasteiger partial charge in [0, 0.05) is 30.0 Å². The summed E-state index contributed by atoms with van der Waals surface area (Å²) in [4.78, 5) is 26.5. The molecule has 1 fully saturated rings. The molecule has 1 aliphatic rings. The molecule has 1 amide bonds. The summed E-state index contributed by atoms with van der Waals surface area (Å²) in [5, 5.41) is 15.0. The highest BCUT2D eigenvalue weighted by Gasteiger charge is 2.30. The summed E-state index contributed by atoms with van der Waals surface area (Å²) in [6, 6.07) is -0.752. The predicted molar refractivity (Wildman–Crippen MR) is 129 cm³/mol. The summed E-state index contributed by atoms with van der Waals surface area (Å²) in [6.07, 6.45) is 2.22. The number of nitrogens with one attached hydrogen (secondary N) is 2. The Hall–Kier alpha value is -2.62. The van der Waals surface area contributed by atoms with E-state index in [2.05, 4.69) is 20.1 Å². The third-order valence-corrected chi connectivity index (χ3v) is 8.81. The van der Waals surface area contributed by atoms with Gasteiger partial charge >= 0.3 is 5.97 Å². The fourth-order valence-electron chi connectivity index (χ4n) is 4.62. The van der Waals surface area contributed by atoms with Crippen LogP contribution in [0.25, 0.3) is 10.4 Å². The molecule has 0 spiro atoms. The van der Waals surface area contributed by atoms with E-state index in [1.54, 1.807) is 0 Å². The lowest BCUT2D eigenvalue weighted by Crippen LogP contribution is -2.43. The van der Waals surface area contributed by atoms with Crippen LogP contribution >= 0.6 is 0 Å². The number of sulfonamides is 1. The van der Waals surface area contributed by atoms with Gasteiger partial charge in [-0.15, -0.1) is 0 Å². The Bertz CT molecular complexity index is 1050. The zero-order valence-electron chi connectivity index (χ0n) is 20.5. The molecule has 1 saturated carbocycles. The third-order valence-electron chi connectivity index (χ3n) is 7.11. The highest BCUT2D eigenvalue weighted by molar-refractivity contribution is 7.89. The second-order valence-electron chi connectivity index (χ2n) is 9.24. The fraction of sp³-hybridized carbons (Fsp3) is 0.652. The molecule has 1 aromatic rings. The van der Waals surface area contributed by atoms with E-state index in [9.17, 15) is 18.0 Å². The Labute approximate surface area is 201 Å². The van der Waals surface area contributed by atoms with Crippen molar-refractivity contribution in [2.24, 2.45) is 17.0 Å². The Balaban J connectivity index is 1.96. The molecule has 1 atom stereocenters. The van der Waals surface area contributed by atoms with E-state index in [1.807, 2.05) is 34.6 Å². The van der Waals surface area contributed by atoms with Crippen molar-refractivity contribution in [3.05, 3.63) is 38.3 Å². The summed E-state index contributed by atoms with van der Waals surface area (Å²) < 4.78 is 29.1. The van der Waals surface area contributed by atoms with Gasteiger partial charge in [-0.25, -0.2) is 13.1 Å². The van der Waals surface area contributed by atoms with E-state index in [4.69, 9.17) is 10.6 Å². The summed E-state index contributed by atoms with van der Waals surface area (Å²) in [5.74, 6) is -1.50. The molecule has 0 heterocycles. The molecule has 0 saturated heterocycles. The van der Waals surface area contributed by atoms with Crippen LogP contribution in [0.5, 0.6) is 0 Å². The molecule has 11 heteroatoms. The first kappa shape index (κ1) is 27.6. The maximum absolute atomic E-state index is 13.1. The van der Waals surface area contributed by atoms with Gasteiger partial charge in [-0.3, -0.25) is 9.59 Å². The lowest BCUT2D eigenvalue weighted by atomic mass is 9.81. The average Bonchev–Trinajstić information content (AvgIpc) is 2.78. The normalized spacial score (nSPS) is 19.2. The quantitative estimate of drug-likeness (QED) is 0.257. The number of carbonyl (C=O) groups excluding carboxylic acids is 1. The summed E-state index contributed by atoms with van der Waals surface area (Å²) in [6.45, 7) is 9.75. The van der Waals surface area contributed by atoms with Crippen LogP contribution in [-0.2, 0) is 19.6 Å². The Morgan fingerprint density at radius 2 is 1.56 bits per heavy atom. The van der Waals surface area contributed by atoms with Crippen molar-refractivity contribution < 1.29 is 23.1 Å². The topological polar surface area (TPSA) is 161 Å². The van der Waals surface area contributed by atoms with Crippen LogP contribution in [0.3, 0.4) is 0 Å². The Kier molecular flexibility index (Phi) is 9.49. The van der Waals surface area contributed by atoms with Crippen LogP contribution in [0.2, 0.25) is 0 Å². The minimum atomic E-state index is -3.67. The van der Waals surface area contributed by atoms with Crippen molar-refractivity contribution in [3.8, 4) is 0 Å². The van der Waals surface area contributed by atoms with Crippen molar-refractivity contribution in [3.63, 3.8) is 0 Å². The second kappa shape index (κ2) is 11.7. The standard InChI is InChI=1S/C23H35N5O5S/c1-13-14(2)16(4)22(17(5)15(13)3)34(32,33)26-11-18-6-8-19(9-7-18)23(31)27-20(10-21(29)30)12-25-28-24/h18-20,26H,6-12H2,1-5H3,(H,27,31)(H,29,30)/t18?,19?,20-/m0/s1. The monoisotopic (exact) mass is 493 g/mol. The largest absolute Gasteiger partial charge is 0.481 e. The number of hydrogen-bond acceptors (Lipinski definition) is 5. The summed E-state index contributed by atoms with van der Waals surface area (Å²) in [7, 11) is -3.67. The van der Waals surface area contributed by atoms with Gasteiger partial charge in [0.05, 0.1) is 11.3 Å². The van der Waals surface area contributed by atoms with Gasteiger partial charge in [-0.1, -0.05) is 5.11 Å². The van der Waals surface area contributed by atoms with Crippen molar-refractivity contribution >= 4 is 21.9 Å². The number of nitrogens with zero attached hydrogens (tertiary/aromatic N) is 3. The molecule has 10 nitrogen and oxygen atoms in total. The van der Waals surface area contributed by atoms with Crippen molar-refractivity contribution in [2.75, 3.05) is 13.1 Å². The molecule has 1 aromatic carbocycles. The number of carboxylic acids is 1. The first-order valence-corrected chi connectivity index (χ1v) is 13.0. The molecular weight excluding hydrogens is 458 g/mol. The number of azide groups is 1. The highest BCUT2D eigenvalue weighted by Crippen LogP contribution is 2.31. The Morgan fingerprint density at radius 1 is 1.03 bits per heavy atom. The number of aliphatic carboxylic acids is 1. The first-order chi connectivity index (χ1) is 15.9. The van der Waals surface area contributed by atoms with Gasteiger partial charge < -0.3 is 10.4 Å². The average molecular weight is 494 g/mol. The zero-order chi connectivity index (χ0) is 25.6. The van der Waals surface area contributed by atoms with Gasteiger partial charge in [0.2, 0.25) is 15.9 Å². The second-order valence-corrected chi connectivity index (χ2v) is 10.9. The molecule has 34 heavy (non-hydrogen) atoms. The maximum atomic E-state index is 13.1. The SMILES string of the molecule is Cc1c(C)c(C)c(S(=O)(=O)NCC2CCC(C(=O)N[C@H](CN=[N+]=[N-])CC(=O)O)CC2)c(C)c1C. The lowest BCUT2D eigenvalue weighted by molar-refractivity contribution is -0.137. The number of carboxylic acid groups (broad SMARTS) is 1. The number of benzene rings is 1.